The Morgan fingerprint density at radius 3 is 2.28 bits per heavy atom. The molecule has 0 heterocycles. The molecular formula is C14H13F2NS. The molecule has 0 unspecified atom stereocenters. The van der Waals surface area contributed by atoms with Crippen LogP contribution >= 0.6 is 11.8 Å². The van der Waals surface area contributed by atoms with Crippen LogP contribution in [0.3, 0.4) is 0 Å². The van der Waals surface area contributed by atoms with Crippen molar-refractivity contribution in [2.45, 2.75) is 23.3 Å². The van der Waals surface area contributed by atoms with E-state index in [9.17, 15) is 8.78 Å². The fraction of sp³-hybridized carbons (Fsp3) is 0.143. The molecule has 2 aromatic rings. The first kappa shape index (κ1) is 13.1. The van der Waals surface area contributed by atoms with Crippen LogP contribution in [0, 0.1) is 18.6 Å². The Labute approximate surface area is 109 Å². The van der Waals surface area contributed by atoms with Gasteiger partial charge in [0.2, 0.25) is 0 Å². The van der Waals surface area contributed by atoms with Crippen LogP contribution in [0.25, 0.3) is 0 Å². The maximum atomic E-state index is 13.8. The lowest BCUT2D eigenvalue weighted by Gasteiger charge is -2.08. The Balaban J connectivity index is 2.38. The van der Waals surface area contributed by atoms with Gasteiger partial charge in [0.05, 0.1) is 4.90 Å². The average molecular weight is 265 g/mol. The maximum Gasteiger partial charge on any atom is 0.140 e. The molecule has 94 valence electrons. The first-order valence-electron chi connectivity index (χ1n) is 5.53. The number of rotatable bonds is 3. The van der Waals surface area contributed by atoms with E-state index < -0.39 is 11.6 Å². The molecule has 2 aromatic carbocycles. The van der Waals surface area contributed by atoms with E-state index in [1.807, 2.05) is 31.2 Å². The SMILES string of the molecule is Cc1ccccc1Sc1c(F)cc(CN)cc1F. The summed E-state index contributed by atoms with van der Waals surface area (Å²) in [6, 6.07) is 10.1. The van der Waals surface area contributed by atoms with Crippen LogP contribution in [-0.2, 0) is 6.54 Å². The monoisotopic (exact) mass is 265 g/mol. The summed E-state index contributed by atoms with van der Waals surface area (Å²) in [7, 11) is 0. The van der Waals surface area contributed by atoms with Gasteiger partial charge in [-0.2, -0.15) is 0 Å². The lowest BCUT2D eigenvalue weighted by Crippen LogP contribution is -1.99. The molecule has 0 radical (unpaired) electrons. The molecule has 0 amide bonds. The lowest BCUT2D eigenvalue weighted by atomic mass is 10.2. The van der Waals surface area contributed by atoms with Gasteiger partial charge in [0.1, 0.15) is 11.6 Å². The third kappa shape index (κ3) is 2.71. The van der Waals surface area contributed by atoms with Crippen LogP contribution in [0.2, 0.25) is 0 Å². The van der Waals surface area contributed by atoms with Gasteiger partial charge in [0.25, 0.3) is 0 Å². The second-order valence-electron chi connectivity index (χ2n) is 3.96. The maximum absolute atomic E-state index is 13.8. The van der Waals surface area contributed by atoms with Crippen molar-refractivity contribution in [1.29, 1.82) is 0 Å². The highest BCUT2D eigenvalue weighted by Crippen LogP contribution is 2.34. The molecule has 0 atom stereocenters. The van der Waals surface area contributed by atoms with Crippen molar-refractivity contribution < 1.29 is 8.78 Å². The molecule has 0 fully saturated rings. The van der Waals surface area contributed by atoms with Gasteiger partial charge in [0, 0.05) is 11.4 Å². The molecule has 0 aliphatic rings. The second kappa shape index (κ2) is 5.50. The summed E-state index contributed by atoms with van der Waals surface area (Å²) in [5, 5.41) is 0. The van der Waals surface area contributed by atoms with Crippen molar-refractivity contribution in [3.05, 3.63) is 59.2 Å². The lowest BCUT2D eigenvalue weighted by molar-refractivity contribution is 0.537. The molecule has 1 nitrogen and oxygen atoms in total. The normalized spacial score (nSPS) is 10.7. The molecule has 0 bridgehead atoms. The topological polar surface area (TPSA) is 26.0 Å². The molecule has 0 saturated heterocycles. The summed E-state index contributed by atoms with van der Waals surface area (Å²) in [4.78, 5) is 0.859. The van der Waals surface area contributed by atoms with Crippen molar-refractivity contribution in [3.63, 3.8) is 0 Å². The zero-order valence-corrected chi connectivity index (χ0v) is 10.7. The molecule has 0 saturated carbocycles. The van der Waals surface area contributed by atoms with Crippen molar-refractivity contribution in [1.82, 2.24) is 0 Å². The molecular weight excluding hydrogens is 252 g/mol. The number of nitrogens with two attached hydrogens (primary N) is 1. The number of benzene rings is 2. The van der Waals surface area contributed by atoms with Crippen molar-refractivity contribution in [2.75, 3.05) is 0 Å². The standard InChI is InChI=1S/C14H13F2NS/c1-9-4-2-3-5-13(9)18-14-11(15)6-10(8-17)7-12(14)16/h2-7H,8,17H2,1H3. The molecule has 0 aliphatic carbocycles. The summed E-state index contributed by atoms with van der Waals surface area (Å²) in [6.45, 7) is 2.04. The molecule has 0 aromatic heterocycles. The molecule has 2 rings (SSSR count). The van der Waals surface area contributed by atoms with Crippen molar-refractivity contribution >= 4 is 11.8 Å². The van der Waals surface area contributed by atoms with Crippen molar-refractivity contribution in [2.24, 2.45) is 5.73 Å². The van der Waals surface area contributed by atoms with Crippen LogP contribution < -0.4 is 5.73 Å². The van der Waals surface area contributed by atoms with Crippen LogP contribution in [0.5, 0.6) is 0 Å². The third-order valence-electron chi connectivity index (χ3n) is 2.60. The Morgan fingerprint density at radius 1 is 1.11 bits per heavy atom. The van der Waals surface area contributed by atoms with Gasteiger partial charge in [0.15, 0.2) is 0 Å². The number of halogens is 2. The van der Waals surface area contributed by atoms with Crippen molar-refractivity contribution in [3.8, 4) is 0 Å². The van der Waals surface area contributed by atoms with Crippen LogP contribution in [-0.4, -0.2) is 0 Å². The van der Waals surface area contributed by atoms with E-state index in [1.165, 1.54) is 12.1 Å². The molecule has 0 aliphatic heterocycles. The fourth-order valence-electron chi connectivity index (χ4n) is 1.61. The molecule has 4 heteroatoms. The molecule has 2 N–H and O–H groups in total. The van der Waals surface area contributed by atoms with Gasteiger partial charge in [-0.05, 0) is 36.2 Å². The van der Waals surface area contributed by atoms with Gasteiger partial charge in [-0.25, -0.2) is 8.78 Å². The number of hydrogen-bond donors (Lipinski definition) is 1. The summed E-state index contributed by atoms with van der Waals surface area (Å²) >= 11 is 1.10. The van der Waals surface area contributed by atoms with Gasteiger partial charge in [-0.1, -0.05) is 30.0 Å². The van der Waals surface area contributed by atoms with Crippen LogP contribution in [0.15, 0.2) is 46.2 Å². The van der Waals surface area contributed by atoms with Gasteiger partial charge in [-0.3, -0.25) is 0 Å². The predicted molar refractivity (Wildman–Crippen MR) is 69.6 cm³/mol. The Kier molecular flexibility index (Phi) is 3.99. The predicted octanol–water partition coefficient (Wildman–Crippen LogP) is 3.88. The van der Waals surface area contributed by atoms with E-state index in [0.717, 1.165) is 22.2 Å². The van der Waals surface area contributed by atoms with Crippen LogP contribution in [0.4, 0.5) is 8.78 Å². The first-order valence-corrected chi connectivity index (χ1v) is 6.35. The summed E-state index contributed by atoms with van der Waals surface area (Å²) < 4.78 is 27.6. The van der Waals surface area contributed by atoms with Gasteiger partial charge >= 0.3 is 0 Å². The minimum atomic E-state index is -0.566. The second-order valence-corrected chi connectivity index (χ2v) is 5.01. The highest BCUT2D eigenvalue weighted by atomic mass is 32.2. The Morgan fingerprint density at radius 2 is 1.72 bits per heavy atom. The summed E-state index contributed by atoms with van der Waals surface area (Å²) in [5.41, 5.74) is 6.82. The highest BCUT2D eigenvalue weighted by molar-refractivity contribution is 7.99. The number of aryl methyl sites for hydroxylation is 1. The Bertz CT molecular complexity index is 546. The van der Waals surface area contributed by atoms with E-state index in [4.69, 9.17) is 5.73 Å². The average Bonchev–Trinajstić information content (AvgIpc) is 2.35. The van der Waals surface area contributed by atoms with Gasteiger partial charge < -0.3 is 5.73 Å². The first-order chi connectivity index (χ1) is 8.61. The van der Waals surface area contributed by atoms with E-state index >= 15 is 0 Å². The molecule has 0 spiro atoms. The highest BCUT2D eigenvalue weighted by Gasteiger charge is 2.13. The smallest absolute Gasteiger partial charge is 0.140 e. The molecule has 18 heavy (non-hydrogen) atoms. The zero-order chi connectivity index (χ0) is 13.1. The van der Waals surface area contributed by atoms with E-state index in [-0.39, 0.29) is 11.4 Å². The Hall–Kier alpha value is -1.39. The quantitative estimate of drug-likeness (QED) is 0.911. The van der Waals surface area contributed by atoms with Gasteiger partial charge in [-0.15, -0.1) is 0 Å². The number of hydrogen-bond acceptors (Lipinski definition) is 2. The fourth-order valence-corrected chi connectivity index (χ4v) is 2.52. The minimum absolute atomic E-state index is 0.0153. The van der Waals surface area contributed by atoms with E-state index in [0.29, 0.717) is 5.56 Å². The van der Waals surface area contributed by atoms with E-state index in [1.54, 1.807) is 0 Å². The largest absolute Gasteiger partial charge is 0.326 e. The zero-order valence-electron chi connectivity index (χ0n) is 9.91. The third-order valence-corrected chi connectivity index (χ3v) is 3.87. The minimum Gasteiger partial charge on any atom is -0.326 e. The summed E-state index contributed by atoms with van der Waals surface area (Å²) in [5.74, 6) is -1.13. The van der Waals surface area contributed by atoms with Crippen LogP contribution in [0.1, 0.15) is 11.1 Å². The van der Waals surface area contributed by atoms with E-state index in [2.05, 4.69) is 0 Å². The summed E-state index contributed by atoms with van der Waals surface area (Å²) in [6.07, 6.45) is 0.